The summed E-state index contributed by atoms with van der Waals surface area (Å²) in [5.74, 6) is 0. The number of hydrogen-bond acceptors (Lipinski definition) is 3. The summed E-state index contributed by atoms with van der Waals surface area (Å²) in [7, 11) is 0. The molecular weight excluding hydrogens is 254 g/mol. The standard InChI is InChI=1S/C16H20NOS/c1-3-16(18,4-2)13-7-8-14(12(10-13)11-17)15-6-5-9-19-15/h6-10,18H,3-4,11,17H2,1-2H3. The fourth-order valence-corrected chi connectivity index (χ4v) is 3.06. The van der Waals surface area contributed by atoms with Crippen LogP contribution in [-0.4, -0.2) is 5.11 Å². The van der Waals surface area contributed by atoms with Crippen molar-refractivity contribution in [2.45, 2.75) is 38.8 Å². The molecule has 0 aliphatic carbocycles. The molecular formula is C16H20NOS. The fourth-order valence-electron chi connectivity index (χ4n) is 2.33. The van der Waals surface area contributed by atoms with Crippen molar-refractivity contribution in [3.63, 3.8) is 0 Å². The molecule has 3 heteroatoms. The van der Waals surface area contributed by atoms with Crippen molar-refractivity contribution in [1.29, 1.82) is 0 Å². The molecule has 3 N–H and O–H groups in total. The molecule has 101 valence electrons. The van der Waals surface area contributed by atoms with Crippen molar-refractivity contribution in [2.24, 2.45) is 5.73 Å². The Hall–Kier alpha value is -1.16. The van der Waals surface area contributed by atoms with Crippen molar-refractivity contribution in [3.8, 4) is 10.4 Å². The first-order valence-electron chi connectivity index (χ1n) is 6.65. The van der Waals surface area contributed by atoms with Gasteiger partial charge in [-0.2, -0.15) is 0 Å². The van der Waals surface area contributed by atoms with Crippen molar-refractivity contribution in [1.82, 2.24) is 0 Å². The summed E-state index contributed by atoms with van der Waals surface area (Å²) in [6.07, 6.45) is 1.42. The van der Waals surface area contributed by atoms with Gasteiger partial charge in [-0.1, -0.05) is 32.0 Å². The molecule has 0 spiro atoms. The SMILES string of the molecule is CCC(O)(CC)c1ccc(-c2c[c]cs2)c(CN)c1. The van der Waals surface area contributed by atoms with E-state index in [2.05, 4.69) is 12.1 Å². The van der Waals surface area contributed by atoms with Crippen molar-refractivity contribution in [2.75, 3.05) is 0 Å². The molecule has 0 unspecified atom stereocenters. The lowest BCUT2D eigenvalue weighted by Gasteiger charge is -2.26. The Balaban J connectivity index is 2.47. The third kappa shape index (κ3) is 2.73. The summed E-state index contributed by atoms with van der Waals surface area (Å²) in [5, 5.41) is 12.5. The number of nitrogens with two attached hydrogens (primary N) is 1. The topological polar surface area (TPSA) is 46.2 Å². The Labute approximate surface area is 118 Å². The zero-order valence-electron chi connectivity index (χ0n) is 11.4. The number of benzene rings is 1. The van der Waals surface area contributed by atoms with Crippen LogP contribution in [0.5, 0.6) is 0 Å². The van der Waals surface area contributed by atoms with Crippen LogP contribution in [0.4, 0.5) is 0 Å². The Morgan fingerprint density at radius 3 is 2.58 bits per heavy atom. The second-order valence-electron chi connectivity index (χ2n) is 4.73. The van der Waals surface area contributed by atoms with E-state index in [0.717, 1.165) is 16.7 Å². The van der Waals surface area contributed by atoms with Crippen LogP contribution < -0.4 is 5.73 Å². The maximum atomic E-state index is 10.6. The van der Waals surface area contributed by atoms with Crippen LogP contribution in [0.2, 0.25) is 0 Å². The van der Waals surface area contributed by atoms with Gasteiger partial charge < -0.3 is 10.8 Å². The molecule has 0 fully saturated rings. The van der Waals surface area contributed by atoms with E-state index in [1.807, 2.05) is 37.4 Å². The van der Waals surface area contributed by atoms with Crippen molar-refractivity contribution >= 4 is 11.3 Å². The molecule has 0 bridgehead atoms. The van der Waals surface area contributed by atoms with E-state index in [-0.39, 0.29) is 0 Å². The van der Waals surface area contributed by atoms with Crippen LogP contribution in [0, 0.1) is 6.07 Å². The first kappa shape index (κ1) is 14.3. The Morgan fingerprint density at radius 2 is 2.05 bits per heavy atom. The molecule has 0 saturated carbocycles. The van der Waals surface area contributed by atoms with E-state index in [1.54, 1.807) is 11.3 Å². The summed E-state index contributed by atoms with van der Waals surface area (Å²) in [5.41, 5.74) is 8.30. The highest BCUT2D eigenvalue weighted by atomic mass is 32.1. The Bertz CT molecular complexity index is 530. The van der Waals surface area contributed by atoms with Gasteiger partial charge in [0.05, 0.1) is 5.60 Å². The Kier molecular flexibility index (Phi) is 4.40. The number of hydrogen-bond donors (Lipinski definition) is 2. The predicted octanol–water partition coefficient (Wildman–Crippen LogP) is 3.68. The minimum Gasteiger partial charge on any atom is -0.385 e. The van der Waals surface area contributed by atoms with Crippen LogP contribution in [0.25, 0.3) is 10.4 Å². The average Bonchev–Trinajstić information content (AvgIpc) is 2.99. The normalized spacial score (nSPS) is 11.8. The first-order chi connectivity index (χ1) is 9.14. The molecule has 0 aliphatic rings. The highest BCUT2D eigenvalue weighted by Crippen LogP contribution is 2.34. The van der Waals surface area contributed by atoms with Crippen LogP contribution in [0.3, 0.4) is 0 Å². The highest BCUT2D eigenvalue weighted by Gasteiger charge is 2.25. The van der Waals surface area contributed by atoms with Crippen molar-refractivity contribution < 1.29 is 5.11 Å². The van der Waals surface area contributed by atoms with Gasteiger partial charge in [-0.05, 0) is 47.0 Å². The summed E-state index contributed by atoms with van der Waals surface area (Å²) >= 11 is 1.66. The number of rotatable bonds is 5. The molecule has 0 aliphatic heterocycles. The van der Waals surface area contributed by atoms with Gasteiger partial charge >= 0.3 is 0 Å². The number of thiophene rings is 1. The van der Waals surface area contributed by atoms with E-state index in [0.29, 0.717) is 19.4 Å². The molecule has 19 heavy (non-hydrogen) atoms. The maximum absolute atomic E-state index is 10.6. The largest absolute Gasteiger partial charge is 0.385 e. The van der Waals surface area contributed by atoms with E-state index >= 15 is 0 Å². The van der Waals surface area contributed by atoms with Gasteiger partial charge in [0.25, 0.3) is 0 Å². The minimum absolute atomic E-state index is 0.477. The molecule has 2 rings (SSSR count). The molecule has 1 heterocycles. The molecule has 2 aromatic rings. The second-order valence-corrected chi connectivity index (χ2v) is 5.64. The summed E-state index contributed by atoms with van der Waals surface area (Å²) in [6, 6.07) is 11.2. The van der Waals surface area contributed by atoms with Gasteiger partial charge in [-0.3, -0.25) is 0 Å². The lowest BCUT2D eigenvalue weighted by Crippen LogP contribution is -2.23. The zero-order chi connectivity index (χ0) is 13.9. The second kappa shape index (κ2) is 5.87. The van der Waals surface area contributed by atoms with E-state index in [1.165, 1.54) is 4.88 Å². The summed E-state index contributed by atoms with van der Waals surface area (Å²) < 4.78 is 0. The monoisotopic (exact) mass is 274 g/mol. The van der Waals surface area contributed by atoms with E-state index < -0.39 is 5.60 Å². The van der Waals surface area contributed by atoms with Gasteiger partial charge in [0.2, 0.25) is 0 Å². The lowest BCUT2D eigenvalue weighted by atomic mass is 9.86. The number of aliphatic hydroxyl groups is 1. The minimum atomic E-state index is -0.746. The molecule has 0 amide bonds. The highest BCUT2D eigenvalue weighted by molar-refractivity contribution is 7.13. The van der Waals surface area contributed by atoms with Gasteiger partial charge in [-0.15, -0.1) is 11.3 Å². The zero-order valence-corrected chi connectivity index (χ0v) is 12.3. The molecule has 1 radical (unpaired) electrons. The smallest absolute Gasteiger partial charge is 0.0891 e. The van der Waals surface area contributed by atoms with E-state index in [9.17, 15) is 5.11 Å². The molecule has 2 nitrogen and oxygen atoms in total. The van der Waals surface area contributed by atoms with Crippen LogP contribution in [0.1, 0.15) is 37.8 Å². The molecule has 1 aromatic heterocycles. The first-order valence-corrected chi connectivity index (χ1v) is 7.53. The van der Waals surface area contributed by atoms with Gasteiger partial charge in [0.1, 0.15) is 0 Å². The molecule has 1 aromatic carbocycles. The van der Waals surface area contributed by atoms with Crippen LogP contribution in [0.15, 0.2) is 29.6 Å². The predicted molar refractivity (Wildman–Crippen MR) is 81.0 cm³/mol. The van der Waals surface area contributed by atoms with Gasteiger partial charge in [0, 0.05) is 11.4 Å². The molecule has 0 saturated heterocycles. The average molecular weight is 274 g/mol. The third-order valence-electron chi connectivity index (χ3n) is 3.77. The summed E-state index contributed by atoms with van der Waals surface area (Å²) in [6.45, 7) is 4.49. The summed E-state index contributed by atoms with van der Waals surface area (Å²) in [4.78, 5) is 1.17. The lowest BCUT2D eigenvalue weighted by molar-refractivity contribution is 0.0283. The van der Waals surface area contributed by atoms with Crippen LogP contribution >= 0.6 is 11.3 Å². The van der Waals surface area contributed by atoms with Crippen molar-refractivity contribution in [3.05, 3.63) is 46.8 Å². The molecule has 0 atom stereocenters. The Morgan fingerprint density at radius 1 is 1.32 bits per heavy atom. The van der Waals surface area contributed by atoms with Crippen LogP contribution in [-0.2, 0) is 12.1 Å². The third-order valence-corrected chi connectivity index (χ3v) is 4.61. The quantitative estimate of drug-likeness (QED) is 0.873. The van der Waals surface area contributed by atoms with Gasteiger partial charge in [-0.25, -0.2) is 0 Å². The maximum Gasteiger partial charge on any atom is 0.0891 e. The fraction of sp³-hybridized carbons (Fsp3) is 0.375. The van der Waals surface area contributed by atoms with Gasteiger partial charge in [0.15, 0.2) is 0 Å². The van der Waals surface area contributed by atoms with E-state index in [4.69, 9.17) is 5.73 Å².